The third-order valence-electron chi connectivity index (χ3n) is 2.94. The molecule has 13 heavy (non-hydrogen) atoms. The van der Waals surface area contributed by atoms with E-state index >= 15 is 0 Å². The molecule has 0 amide bonds. The first kappa shape index (κ1) is 13.0. The summed E-state index contributed by atoms with van der Waals surface area (Å²) in [5, 5.41) is 3.64. The van der Waals surface area contributed by atoms with Gasteiger partial charge in [0.1, 0.15) is 0 Å². The molecule has 0 radical (unpaired) electrons. The fourth-order valence-corrected chi connectivity index (χ4v) is 0.751. The molecule has 0 saturated heterocycles. The fourth-order valence-electron chi connectivity index (χ4n) is 0.751. The normalized spacial score (nSPS) is 14.8. The van der Waals surface area contributed by atoms with Crippen LogP contribution in [0.1, 0.15) is 55.4 Å². The van der Waals surface area contributed by atoms with E-state index in [1.807, 2.05) is 0 Å². The van der Waals surface area contributed by atoms with Gasteiger partial charge in [-0.05, 0) is 24.7 Å². The van der Waals surface area contributed by atoms with Crippen LogP contribution >= 0.6 is 0 Å². The summed E-state index contributed by atoms with van der Waals surface area (Å²) >= 11 is 0. The average Bonchev–Trinajstić information content (AvgIpc) is 1.79. The molecule has 80 valence electrons. The summed E-state index contributed by atoms with van der Waals surface area (Å²) in [5.74, 6) is 0. The Morgan fingerprint density at radius 3 is 1.38 bits per heavy atom. The highest BCUT2D eigenvalue weighted by molar-refractivity contribution is 4.90. The monoisotopic (exact) mass is 185 g/mol. The number of hydrogen-bond donors (Lipinski definition) is 1. The molecule has 1 nitrogen and oxygen atoms in total. The SMILES string of the molecule is CC(C)(C)CNC(C)(C)C(C)(C)C. The summed E-state index contributed by atoms with van der Waals surface area (Å²) in [7, 11) is 0. The molecule has 0 bridgehead atoms. The van der Waals surface area contributed by atoms with Gasteiger partial charge in [-0.1, -0.05) is 41.5 Å². The van der Waals surface area contributed by atoms with Gasteiger partial charge in [0, 0.05) is 12.1 Å². The maximum atomic E-state index is 3.64. The Morgan fingerprint density at radius 1 is 0.769 bits per heavy atom. The van der Waals surface area contributed by atoms with Gasteiger partial charge < -0.3 is 5.32 Å². The molecule has 1 heteroatoms. The molecule has 0 saturated carbocycles. The van der Waals surface area contributed by atoms with Gasteiger partial charge in [-0.3, -0.25) is 0 Å². The van der Waals surface area contributed by atoms with Crippen molar-refractivity contribution in [2.45, 2.75) is 60.9 Å². The number of rotatable bonds is 2. The minimum Gasteiger partial charge on any atom is -0.311 e. The standard InChI is InChI=1S/C12H27N/c1-10(2,3)9-13-12(7,8)11(4,5)6/h13H,9H2,1-8H3. The third kappa shape index (κ3) is 4.66. The van der Waals surface area contributed by atoms with Crippen molar-refractivity contribution in [3.63, 3.8) is 0 Å². The van der Waals surface area contributed by atoms with E-state index in [1.54, 1.807) is 0 Å². The van der Waals surface area contributed by atoms with Gasteiger partial charge in [0.15, 0.2) is 0 Å². The second-order valence-electron chi connectivity index (χ2n) is 6.79. The summed E-state index contributed by atoms with van der Waals surface area (Å²) in [6.07, 6.45) is 0. The van der Waals surface area contributed by atoms with Crippen LogP contribution in [0.4, 0.5) is 0 Å². The molecule has 0 fully saturated rings. The maximum absolute atomic E-state index is 3.64. The lowest BCUT2D eigenvalue weighted by molar-refractivity contribution is 0.158. The largest absolute Gasteiger partial charge is 0.311 e. The second-order valence-corrected chi connectivity index (χ2v) is 6.79. The highest BCUT2D eigenvalue weighted by Gasteiger charge is 2.32. The Kier molecular flexibility index (Phi) is 3.59. The van der Waals surface area contributed by atoms with Crippen LogP contribution in [-0.4, -0.2) is 12.1 Å². The fraction of sp³-hybridized carbons (Fsp3) is 1.00. The lowest BCUT2D eigenvalue weighted by Crippen LogP contribution is -2.52. The minimum atomic E-state index is 0.195. The minimum absolute atomic E-state index is 0.195. The van der Waals surface area contributed by atoms with Crippen LogP contribution in [0.2, 0.25) is 0 Å². The molecule has 0 heterocycles. The first-order chi connectivity index (χ1) is 5.46. The van der Waals surface area contributed by atoms with Gasteiger partial charge in [0.25, 0.3) is 0 Å². The van der Waals surface area contributed by atoms with Gasteiger partial charge in [-0.2, -0.15) is 0 Å². The second kappa shape index (κ2) is 3.61. The van der Waals surface area contributed by atoms with Gasteiger partial charge in [0.2, 0.25) is 0 Å². The van der Waals surface area contributed by atoms with Crippen LogP contribution in [-0.2, 0) is 0 Å². The summed E-state index contributed by atoms with van der Waals surface area (Å²) < 4.78 is 0. The van der Waals surface area contributed by atoms with Crippen molar-refractivity contribution >= 4 is 0 Å². The Labute approximate surface area is 84.3 Å². The first-order valence-corrected chi connectivity index (χ1v) is 5.21. The zero-order valence-electron chi connectivity index (χ0n) is 10.7. The zero-order valence-corrected chi connectivity index (χ0v) is 10.7. The molecule has 0 aliphatic rings. The molecule has 1 N–H and O–H groups in total. The van der Waals surface area contributed by atoms with Crippen LogP contribution in [0.3, 0.4) is 0 Å². The van der Waals surface area contributed by atoms with E-state index in [4.69, 9.17) is 0 Å². The quantitative estimate of drug-likeness (QED) is 0.695. The van der Waals surface area contributed by atoms with Gasteiger partial charge >= 0.3 is 0 Å². The molecule has 0 rings (SSSR count). The van der Waals surface area contributed by atoms with Crippen molar-refractivity contribution in [1.29, 1.82) is 0 Å². The lowest BCUT2D eigenvalue weighted by atomic mass is 9.76. The molecule has 0 aromatic heterocycles. The van der Waals surface area contributed by atoms with Crippen molar-refractivity contribution in [1.82, 2.24) is 5.32 Å². The summed E-state index contributed by atoms with van der Waals surface area (Å²) in [4.78, 5) is 0. The Morgan fingerprint density at radius 2 is 1.15 bits per heavy atom. The smallest absolute Gasteiger partial charge is 0.0173 e. The van der Waals surface area contributed by atoms with Crippen molar-refractivity contribution in [3.8, 4) is 0 Å². The Hall–Kier alpha value is -0.0400. The maximum Gasteiger partial charge on any atom is 0.0173 e. The topological polar surface area (TPSA) is 12.0 Å². The predicted octanol–water partition coefficient (Wildman–Crippen LogP) is 3.45. The third-order valence-corrected chi connectivity index (χ3v) is 2.94. The molecule has 0 unspecified atom stereocenters. The summed E-state index contributed by atoms with van der Waals surface area (Å²) in [6.45, 7) is 19.2. The first-order valence-electron chi connectivity index (χ1n) is 5.21. The van der Waals surface area contributed by atoms with Crippen LogP contribution in [0.5, 0.6) is 0 Å². The molecule has 0 aromatic carbocycles. The molecule has 0 aliphatic carbocycles. The zero-order chi connectivity index (χ0) is 10.9. The van der Waals surface area contributed by atoms with Gasteiger partial charge in [0.05, 0.1) is 0 Å². The summed E-state index contributed by atoms with van der Waals surface area (Å²) in [5.41, 5.74) is 0.862. The van der Waals surface area contributed by atoms with Crippen molar-refractivity contribution in [2.75, 3.05) is 6.54 Å². The van der Waals surface area contributed by atoms with Crippen molar-refractivity contribution in [2.24, 2.45) is 10.8 Å². The van der Waals surface area contributed by atoms with Crippen LogP contribution in [0.15, 0.2) is 0 Å². The predicted molar refractivity (Wildman–Crippen MR) is 61.0 cm³/mol. The van der Waals surface area contributed by atoms with E-state index in [-0.39, 0.29) is 5.54 Å². The van der Waals surface area contributed by atoms with E-state index in [0.29, 0.717) is 10.8 Å². The van der Waals surface area contributed by atoms with E-state index in [0.717, 1.165) is 6.54 Å². The van der Waals surface area contributed by atoms with Crippen LogP contribution < -0.4 is 5.32 Å². The molecule has 0 aliphatic heterocycles. The number of nitrogens with one attached hydrogen (secondary N) is 1. The van der Waals surface area contributed by atoms with Gasteiger partial charge in [-0.25, -0.2) is 0 Å². The van der Waals surface area contributed by atoms with Crippen molar-refractivity contribution < 1.29 is 0 Å². The van der Waals surface area contributed by atoms with Gasteiger partial charge in [-0.15, -0.1) is 0 Å². The van der Waals surface area contributed by atoms with Crippen molar-refractivity contribution in [3.05, 3.63) is 0 Å². The highest BCUT2D eigenvalue weighted by Crippen LogP contribution is 2.30. The molecule has 0 spiro atoms. The molecular weight excluding hydrogens is 158 g/mol. The van der Waals surface area contributed by atoms with E-state index in [2.05, 4.69) is 60.7 Å². The Balaban J connectivity index is 4.21. The highest BCUT2D eigenvalue weighted by atomic mass is 15.0. The summed E-state index contributed by atoms with van der Waals surface area (Å²) in [6, 6.07) is 0. The molecule has 0 aromatic rings. The van der Waals surface area contributed by atoms with E-state index < -0.39 is 0 Å². The molecule has 0 atom stereocenters. The lowest BCUT2D eigenvalue weighted by Gasteiger charge is -2.41. The van der Waals surface area contributed by atoms with Crippen LogP contribution in [0, 0.1) is 10.8 Å². The number of hydrogen-bond acceptors (Lipinski definition) is 1. The Bertz CT molecular complexity index is 155. The van der Waals surface area contributed by atoms with Crippen LogP contribution in [0.25, 0.3) is 0 Å². The van der Waals surface area contributed by atoms with E-state index in [1.165, 1.54) is 0 Å². The average molecular weight is 185 g/mol. The van der Waals surface area contributed by atoms with E-state index in [9.17, 15) is 0 Å². The molecular formula is C12H27N.